The van der Waals surface area contributed by atoms with Crippen LogP contribution in [-0.2, 0) is 0 Å². The van der Waals surface area contributed by atoms with Crippen LogP contribution in [0.25, 0.3) is 0 Å². The minimum absolute atomic E-state index is 0.0917. The molecule has 2 N–H and O–H groups in total. The van der Waals surface area contributed by atoms with Crippen LogP contribution < -0.4 is 10.6 Å². The van der Waals surface area contributed by atoms with Crippen LogP contribution in [0.1, 0.15) is 28.9 Å². The number of anilines is 1. The summed E-state index contributed by atoms with van der Waals surface area (Å²) in [5.41, 5.74) is 1.87. The molecule has 118 valence electrons. The smallest absolute Gasteiger partial charge is 0.252 e. The molecule has 0 aliphatic heterocycles. The molecule has 0 radical (unpaired) electrons. The van der Waals surface area contributed by atoms with Gasteiger partial charge in [0.1, 0.15) is 5.82 Å². The number of rotatable bonds is 7. The molecule has 2 aromatic heterocycles. The number of amides is 1. The second-order valence-electron chi connectivity index (χ2n) is 5.21. The Morgan fingerprint density at radius 2 is 2.18 bits per heavy atom. The number of hydrogen-bond acceptors (Lipinski definition) is 5. The lowest BCUT2D eigenvalue weighted by Crippen LogP contribution is -2.26. The van der Waals surface area contributed by atoms with Crippen molar-refractivity contribution in [2.24, 2.45) is 0 Å². The zero-order valence-electron chi connectivity index (χ0n) is 13.2. The summed E-state index contributed by atoms with van der Waals surface area (Å²) in [6, 6.07) is 6.06. The quantitative estimate of drug-likeness (QED) is 0.824. The third kappa shape index (κ3) is 4.29. The molecule has 2 heterocycles. The summed E-state index contributed by atoms with van der Waals surface area (Å²) in [5, 5.41) is 10.3. The first kappa shape index (κ1) is 16.5. The number of nitrogens with zero attached hydrogens (tertiary/aromatic N) is 2. The Labute approximate surface area is 135 Å². The van der Waals surface area contributed by atoms with E-state index in [0.29, 0.717) is 12.1 Å². The standard InChI is InChI=1S/C16H22N4OS/c1-4-17-16(21)12-5-6-15(18-9-12)19-10-14(20(2)3)13-7-8-22-11-13/h5-9,11,14H,4,10H2,1-3H3,(H,17,21)(H,18,19). The van der Waals surface area contributed by atoms with E-state index >= 15 is 0 Å². The first-order chi connectivity index (χ1) is 10.6. The number of carbonyl (C=O) groups is 1. The van der Waals surface area contributed by atoms with Crippen molar-refractivity contribution in [3.05, 3.63) is 46.3 Å². The van der Waals surface area contributed by atoms with Crippen LogP contribution in [0, 0.1) is 0 Å². The number of pyridine rings is 1. The van der Waals surface area contributed by atoms with Gasteiger partial charge in [0.25, 0.3) is 5.91 Å². The maximum absolute atomic E-state index is 11.7. The summed E-state index contributed by atoms with van der Waals surface area (Å²) >= 11 is 1.70. The SMILES string of the molecule is CCNC(=O)c1ccc(NCC(c2ccsc2)N(C)C)nc1. The molecule has 0 spiro atoms. The van der Waals surface area contributed by atoms with Crippen molar-refractivity contribution in [1.82, 2.24) is 15.2 Å². The van der Waals surface area contributed by atoms with Crippen LogP contribution in [-0.4, -0.2) is 43.0 Å². The van der Waals surface area contributed by atoms with Gasteiger partial charge in [-0.2, -0.15) is 11.3 Å². The van der Waals surface area contributed by atoms with Gasteiger partial charge < -0.3 is 15.5 Å². The Kier molecular flexibility index (Phi) is 5.91. The molecule has 0 aliphatic carbocycles. The predicted octanol–water partition coefficient (Wildman–Crippen LogP) is 2.61. The van der Waals surface area contributed by atoms with Crippen molar-refractivity contribution in [3.8, 4) is 0 Å². The molecule has 0 fully saturated rings. The van der Waals surface area contributed by atoms with E-state index < -0.39 is 0 Å². The Hall–Kier alpha value is -1.92. The molecule has 0 aliphatic rings. The van der Waals surface area contributed by atoms with Crippen molar-refractivity contribution >= 4 is 23.1 Å². The number of carbonyl (C=O) groups excluding carboxylic acids is 1. The van der Waals surface area contributed by atoms with E-state index in [2.05, 4.69) is 51.4 Å². The van der Waals surface area contributed by atoms with E-state index in [1.807, 2.05) is 13.0 Å². The fourth-order valence-corrected chi connectivity index (χ4v) is 2.87. The van der Waals surface area contributed by atoms with Gasteiger partial charge in [0.15, 0.2) is 0 Å². The molecule has 22 heavy (non-hydrogen) atoms. The van der Waals surface area contributed by atoms with Gasteiger partial charge in [-0.15, -0.1) is 0 Å². The first-order valence-corrected chi connectivity index (χ1v) is 8.22. The van der Waals surface area contributed by atoms with E-state index in [1.54, 1.807) is 23.6 Å². The van der Waals surface area contributed by atoms with E-state index in [-0.39, 0.29) is 11.9 Å². The van der Waals surface area contributed by atoms with E-state index in [9.17, 15) is 4.79 Å². The lowest BCUT2D eigenvalue weighted by atomic mass is 10.1. The van der Waals surface area contributed by atoms with Gasteiger partial charge in [0.2, 0.25) is 0 Å². The molecule has 0 aromatic carbocycles. The van der Waals surface area contributed by atoms with Crippen LogP contribution in [0.4, 0.5) is 5.82 Å². The topological polar surface area (TPSA) is 57.3 Å². The number of likely N-dealkylation sites (N-methyl/N-ethyl adjacent to an activating group) is 1. The average Bonchev–Trinajstić information content (AvgIpc) is 3.02. The molecule has 0 saturated heterocycles. The maximum Gasteiger partial charge on any atom is 0.252 e. The summed E-state index contributed by atoms with van der Waals surface area (Å²) in [6.45, 7) is 3.27. The van der Waals surface area contributed by atoms with Crippen molar-refractivity contribution in [3.63, 3.8) is 0 Å². The van der Waals surface area contributed by atoms with Crippen molar-refractivity contribution in [1.29, 1.82) is 0 Å². The van der Waals surface area contributed by atoms with Gasteiger partial charge in [-0.1, -0.05) is 0 Å². The zero-order valence-corrected chi connectivity index (χ0v) is 14.0. The van der Waals surface area contributed by atoms with Gasteiger partial charge in [-0.25, -0.2) is 4.98 Å². The number of hydrogen-bond donors (Lipinski definition) is 2. The predicted molar refractivity (Wildman–Crippen MR) is 91.5 cm³/mol. The molecular weight excluding hydrogens is 296 g/mol. The van der Waals surface area contributed by atoms with Gasteiger partial charge in [-0.3, -0.25) is 4.79 Å². The largest absolute Gasteiger partial charge is 0.368 e. The summed E-state index contributed by atoms with van der Waals surface area (Å²) in [5.74, 6) is 0.682. The Morgan fingerprint density at radius 3 is 2.73 bits per heavy atom. The minimum atomic E-state index is -0.0917. The van der Waals surface area contributed by atoms with Gasteiger partial charge in [-0.05, 0) is 55.5 Å². The Balaban J connectivity index is 1.97. The first-order valence-electron chi connectivity index (χ1n) is 7.28. The third-order valence-corrected chi connectivity index (χ3v) is 4.09. The second-order valence-corrected chi connectivity index (χ2v) is 5.99. The lowest BCUT2D eigenvalue weighted by Gasteiger charge is -2.24. The molecule has 1 atom stereocenters. The molecular formula is C16H22N4OS. The second kappa shape index (κ2) is 7.91. The van der Waals surface area contributed by atoms with E-state index in [4.69, 9.17) is 0 Å². The van der Waals surface area contributed by atoms with Crippen molar-refractivity contribution in [2.45, 2.75) is 13.0 Å². The summed E-state index contributed by atoms with van der Waals surface area (Å²) in [6.07, 6.45) is 1.60. The van der Waals surface area contributed by atoms with Gasteiger partial charge in [0.05, 0.1) is 11.6 Å². The van der Waals surface area contributed by atoms with Crippen LogP contribution in [0.3, 0.4) is 0 Å². The normalized spacial score (nSPS) is 12.2. The average molecular weight is 318 g/mol. The minimum Gasteiger partial charge on any atom is -0.368 e. The van der Waals surface area contributed by atoms with Crippen LogP contribution >= 0.6 is 11.3 Å². The molecule has 2 rings (SSSR count). The molecule has 1 amide bonds. The molecule has 0 bridgehead atoms. The molecule has 1 unspecified atom stereocenters. The van der Waals surface area contributed by atoms with Crippen LogP contribution in [0.5, 0.6) is 0 Å². The number of nitrogens with one attached hydrogen (secondary N) is 2. The zero-order chi connectivity index (χ0) is 15.9. The van der Waals surface area contributed by atoms with E-state index in [0.717, 1.165) is 12.4 Å². The maximum atomic E-state index is 11.7. The highest BCUT2D eigenvalue weighted by atomic mass is 32.1. The Bertz CT molecular complexity index is 581. The lowest BCUT2D eigenvalue weighted by molar-refractivity contribution is 0.0955. The van der Waals surface area contributed by atoms with Crippen LogP contribution in [0.2, 0.25) is 0 Å². The third-order valence-electron chi connectivity index (χ3n) is 3.39. The van der Waals surface area contributed by atoms with Gasteiger partial charge >= 0.3 is 0 Å². The fraction of sp³-hybridized carbons (Fsp3) is 0.375. The van der Waals surface area contributed by atoms with Crippen molar-refractivity contribution in [2.75, 3.05) is 32.5 Å². The van der Waals surface area contributed by atoms with Gasteiger partial charge in [0, 0.05) is 19.3 Å². The summed E-state index contributed by atoms with van der Waals surface area (Å²) < 4.78 is 0. The highest BCUT2D eigenvalue weighted by molar-refractivity contribution is 7.07. The number of thiophene rings is 1. The molecule has 0 saturated carbocycles. The fourth-order valence-electron chi connectivity index (χ4n) is 2.16. The summed E-state index contributed by atoms with van der Waals surface area (Å²) in [7, 11) is 4.13. The number of aromatic nitrogens is 1. The summed E-state index contributed by atoms with van der Waals surface area (Å²) in [4.78, 5) is 18.2. The molecule has 5 nitrogen and oxygen atoms in total. The van der Waals surface area contributed by atoms with E-state index in [1.165, 1.54) is 5.56 Å². The molecule has 2 aromatic rings. The van der Waals surface area contributed by atoms with Crippen molar-refractivity contribution < 1.29 is 4.79 Å². The molecule has 6 heteroatoms. The highest BCUT2D eigenvalue weighted by Crippen LogP contribution is 2.21. The van der Waals surface area contributed by atoms with Crippen LogP contribution in [0.15, 0.2) is 35.2 Å². The highest BCUT2D eigenvalue weighted by Gasteiger charge is 2.14. The Morgan fingerprint density at radius 1 is 1.36 bits per heavy atom. The monoisotopic (exact) mass is 318 g/mol.